The summed E-state index contributed by atoms with van der Waals surface area (Å²) in [5.41, 5.74) is 0. The molecule has 0 aliphatic rings. The van der Waals surface area contributed by atoms with Crippen molar-refractivity contribution in [2.45, 2.75) is 0 Å². The molecule has 4 nitrogen and oxygen atoms in total. The summed E-state index contributed by atoms with van der Waals surface area (Å²) in [5, 5.41) is 22.7. The standard InChI is InChI=1S/C3H2O2.C2H6O2/c1-2-3(4)5;3-1-2-4/h1H,(H,4,5);3-4H,1-2H2. The zero-order chi connectivity index (χ0) is 7.70. The van der Waals surface area contributed by atoms with Crippen molar-refractivity contribution in [3.05, 3.63) is 0 Å². The maximum atomic E-state index is 9.13. The van der Waals surface area contributed by atoms with Gasteiger partial charge in [0.2, 0.25) is 0 Å². The van der Waals surface area contributed by atoms with Crippen LogP contribution in [-0.2, 0) is 4.79 Å². The summed E-state index contributed by atoms with van der Waals surface area (Å²) in [6, 6.07) is 0. The van der Waals surface area contributed by atoms with E-state index in [9.17, 15) is 0 Å². The van der Waals surface area contributed by atoms with Gasteiger partial charge in [0.05, 0.1) is 13.2 Å². The third kappa shape index (κ3) is 44.8. The molecule has 0 saturated heterocycles. The molecular weight excluding hydrogens is 124 g/mol. The van der Waals surface area contributed by atoms with E-state index in [1.165, 1.54) is 5.92 Å². The molecule has 3 N–H and O–H groups in total. The number of hydrogen-bond acceptors (Lipinski definition) is 3. The normalized spacial score (nSPS) is 6.33. The first-order valence-electron chi connectivity index (χ1n) is 2.10. The van der Waals surface area contributed by atoms with Crippen LogP contribution in [0.3, 0.4) is 0 Å². The van der Waals surface area contributed by atoms with Crippen molar-refractivity contribution in [3.8, 4) is 12.3 Å². The molecule has 4 heteroatoms. The molecule has 0 fully saturated rings. The molecule has 0 rings (SSSR count). The van der Waals surface area contributed by atoms with Gasteiger partial charge in [-0.1, -0.05) is 0 Å². The van der Waals surface area contributed by atoms with E-state index in [1.54, 1.807) is 0 Å². The number of terminal acetylenes is 1. The Morgan fingerprint density at radius 2 is 1.67 bits per heavy atom. The van der Waals surface area contributed by atoms with Crippen molar-refractivity contribution in [1.82, 2.24) is 0 Å². The average molecular weight is 132 g/mol. The Kier molecular flexibility index (Phi) is 12.1. The van der Waals surface area contributed by atoms with Gasteiger partial charge in [-0.25, -0.2) is 4.79 Å². The van der Waals surface area contributed by atoms with Crippen LogP contribution < -0.4 is 0 Å². The summed E-state index contributed by atoms with van der Waals surface area (Å²) < 4.78 is 0. The van der Waals surface area contributed by atoms with Gasteiger partial charge in [0, 0.05) is 5.92 Å². The lowest BCUT2D eigenvalue weighted by molar-refractivity contribution is -0.130. The van der Waals surface area contributed by atoms with E-state index in [1.807, 2.05) is 0 Å². The third-order valence-corrected chi connectivity index (χ3v) is 0.223. The van der Waals surface area contributed by atoms with Crippen LogP contribution in [-0.4, -0.2) is 34.5 Å². The van der Waals surface area contributed by atoms with E-state index < -0.39 is 5.97 Å². The molecule has 0 heterocycles. The first-order valence-corrected chi connectivity index (χ1v) is 2.10. The number of carboxylic acids is 1. The van der Waals surface area contributed by atoms with Gasteiger partial charge < -0.3 is 15.3 Å². The lowest BCUT2D eigenvalue weighted by Gasteiger charge is -1.70. The first kappa shape index (κ1) is 10.8. The van der Waals surface area contributed by atoms with E-state index in [2.05, 4.69) is 6.42 Å². The van der Waals surface area contributed by atoms with Crippen LogP contribution in [0.5, 0.6) is 0 Å². The van der Waals surface area contributed by atoms with Gasteiger partial charge in [-0.05, 0) is 0 Å². The van der Waals surface area contributed by atoms with Crippen LogP contribution >= 0.6 is 0 Å². The summed E-state index contributed by atoms with van der Waals surface area (Å²) >= 11 is 0. The van der Waals surface area contributed by atoms with Crippen molar-refractivity contribution < 1.29 is 20.1 Å². The molecule has 0 unspecified atom stereocenters. The van der Waals surface area contributed by atoms with Gasteiger partial charge in [-0.2, -0.15) is 0 Å². The topological polar surface area (TPSA) is 77.8 Å². The molecule has 0 aliphatic heterocycles. The van der Waals surface area contributed by atoms with Gasteiger partial charge in [-0.15, -0.1) is 6.42 Å². The zero-order valence-electron chi connectivity index (χ0n) is 4.74. The highest BCUT2D eigenvalue weighted by molar-refractivity contribution is 5.85. The van der Waals surface area contributed by atoms with Gasteiger partial charge in [0.25, 0.3) is 0 Å². The van der Waals surface area contributed by atoms with Crippen molar-refractivity contribution in [2.75, 3.05) is 13.2 Å². The fourth-order valence-corrected chi connectivity index (χ4v) is 0. The molecule has 0 radical (unpaired) electrons. The molecule has 0 spiro atoms. The van der Waals surface area contributed by atoms with Crippen LogP contribution in [0.15, 0.2) is 0 Å². The maximum Gasteiger partial charge on any atom is 0.381 e. The number of carbonyl (C=O) groups is 1. The van der Waals surface area contributed by atoms with Crippen LogP contribution in [0.25, 0.3) is 0 Å². The lowest BCUT2D eigenvalue weighted by atomic mass is 10.7. The Labute approximate surface area is 52.7 Å². The molecule has 0 amide bonds. The van der Waals surface area contributed by atoms with Gasteiger partial charge in [-0.3, -0.25) is 0 Å². The molecule has 0 aliphatic carbocycles. The Morgan fingerprint density at radius 1 is 1.44 bits per heavy atom. The first-order chi connectivity index (χ1) is 4.18. The van der Waals surface area contributed by atoms with Gasteiger partial charge in [0.1, 0.15) is 0 Å². The van der Waals surface area contributed by atoms with Gasteiger partial charge in [0.15, 0.2) is 0 Å². The Morgan fingerprint density at radius 3 is 1.67 bits per heavy atom. The Balaban J connectivity index is 0. The number of rotatable bonds is 1. The van der Waals surface area contributed by atoms with E-state index in [0.29, 0.717) is 0 Å². The highest BCUT2D eigenvalue weighted by Crippen LogP contribution is 1.44. The third-order valence-electron chi connectivity index (χ3n) is 0.223. The number of carboxylic acid groups (broad SMARTS) is 1. The lowest BCUT2D eigenvalue weighted by Crippen LogP contribution is -1.85. The predicted octanol–water partition coefficient (Wildman–Crippen LogP) is -1.32. The molecule has 0 saturated carbocycles. The minimum Gasteiger partial charge on any atom is -0.472 e. The number of aliphatic hydroxyl groups excluding tert-OH is 2. The minimum absolute atomic E-state index is 0.125. The second-order valence-electron chi connectivity index (χ2n) is 0.897. The van der Waals surface area contributed by atoms with E-state index >= 15 is 0 Å². The summed E-state index contributed by atoms with van der Waals surface area (Å²) in [4.78, 5) is 9.13. The monoisotopic (exact) mass is 132 g/mol. The second kappa shape index (κ2) is 10.0. The molecule has 0 bridgehead atoms. The second-order valence-corrected chi connectivity index (χ2v) is 0.897. The SMILES string of the molecule is C#CC(=O)O.OCCO. The summed E-state index contributed by atoms with van der Waals surface area (Å²) in [6.07, 6.45) is 4.32. The molecular formula is C5H8O4. The zero-order valence-corrected chi connectivity index (χ0v) is 4.74. The molecule has 52 valence electrons. The Bertz CT molecular complexity index is 100. The molecule has 0 aromatic carbocycles. The fourth-order valence-electron chi connectivity index (χ4n) is 0. The Hall–Kier alpha value is -1.05. The maximum absolute atomic E-state index is 9.13. The number of hydrogen-bond donors (Lipinski definition) is 3. The van der Waals surface area contributed by atoms with Crippen molar-refractivity contribution in [2.24, 2.45) is 0 Å². The van der Waals surface area contributed by atoms with Crippen molar-refractivity contribution >= 4 is 5.97 Å². The molecule has 0 atom stereocenters. The van der Waals surface area contributed by atoms with Crippen molar-refractivity contribution in [1.29, 1.82) is 0 Å². The molecule has 0 aromatic heterocycles. The van der Waals surface area contributed by atoms with E-state index in [0.717, 1.165) is 0 Å². The van der Waals surface area contributed by atoms with Crippen LogP contribution in [0.1, 0.15) is 0 Å². The average Bonchev–Trinajstić information content (AvgIpc) is 1.89. The van der Waals surface area contributed by atoms with E-state index in [-0.39, 0.29) is 13.2 Å². The van der Waals surface area contributed by atoms with Crippen LogP contribution in [0.4, 0.5) is 0 Å². The predicted molar refractivity (Wildman–Crippen MR) is 30.6 cm³/mol. The highest BCUT2D eigenvalue weighted by atomic mass is 16.4. The summed E-state index contributed by atoms with van der Waals surface area (Å²) in [6.45, 7) is -0.250. The quantitative estimate of drug-likeness (QED) is 0.386. The van der Waals surface area contributed by atoms with Gasteiger partial charge >= 0.3 is 5.97 Å². The van der Waals surface area contributed by atoms with Crippen LogP contribution in [0, 0.1) is 12.3 Å². The summed E-state index contributed by atoms with van der Waals surface area (Å²) in [5.74, 6) is 0.227. The number of aliphatic carboxylic acids is 1. The molecule has 9 heavy (non-hydrogen) atoms. The number of aliphatic hydroxyl groups is 2. The fraction of sp³-hybridized carbons (Fsp3) is 0.400. The van der Waals surface area contributed by atoms with Crippen LogP contribution in [0.2, 0.25) is 0 Å². The smallest absolute Gasteiger partial charge is 0.381 e. The largest absolute Gasteiger partial charge is 0.472 e. The minimum atomic E-state index is -1.22. The van der Waals surface area contributed by atoms with E-state index in [4.69, 9.17) is 20.1 Å². The summed E-state index contributed by atoms with van der Waals surface area (Å²) in [7, 11) is 0. The highest BCUT2D eigenvalue weighted by Gasteiger charge is 1.74. The molecule has 0 aromatic rings. The van der Waals surface area contributed by atoms with Crippen molar-refractivity contribution in [3.63, 3.8) is 0 Å².